The van der Waals surface area contributed by atoms with Gasteiger partial charge in [-0.3, -0.25) is 4.90 Å². The van der Waals surface area contributed by atoms with Gasteiger partial charge in [0, 0.05) is 36.2 Å². The SMILES string of the molecule is CC1CSCCN1C(C)(CN)C(C)C. The predicted molar refractivity (Wildman–Crippen MR) is 65.8 cm³/mol. The Morgan fingerprint density at radius 1 is 1.57 bits per heavy atom. The van der Waals surface area contributed by atoms with E-state index in [4.69, 9.17) is 5.73 Å². The third-order valence-corrected chi connectivity index (χ3v) is 4.87. The molecular formula is C11H24N2S. The first-order valence-corrected chi connectivity index (χ1v) is 6.72. The molecule has 1 aliphatic rings. The summed E-state index contributed by atoms with van der Waals surface area (Å²) in [5.41, 5.74) is 6.13. The van der Waals surface area contributed by atoms with Gasteiger partial charge in [0.25, 0.3) is 0 Å². The summed E-state index contributed by atoms with van der Waals surface area (Å²) in [5, 5.41) is 0. The van der Waals surface area contributed by atoms with E-state index < -0.39 is 0 Å². The smallest absolute Gasteiger partial charge is 0.0329 e. The van der Waals surface area contributed by atoms with Gasteiger partial charge in [-0.1, -0.05) is 13.8 Å². The van der Waals surface area contributed by atoms with Crippen LogP contribution in [0.1, 0.15) is 27.7 Å². The van der Waals surface area contributed by atoms with Gasteiger partial charge in [-0.15, -0.1) is 0 Å². The van der Waals surface area contributed by atoms with Crippen molar-refractivity contribution in [3.63, 3.8) is 0 Å². The molecule has 0 aromatic carbocycles. The van der Waals surface area contributed by atoms with Crippen LogP contribution in [0.3, 0.4) is 0 Å². The molecule has 0 aromatic rings. The molecule has 1 saturated heterocycles. The minimum absolute atomic E-state index is 0.181. The number of rotatable bonds is 3. The first-order chi connectivity index (χ1) is 6.52. The average Bonchev–Trinajstić information content (AvgIpc) is 2.17. The van der Waals surface area contributed by atoms with E-state index in [9.17, 15) is 0 Å². The number of thioether (sulfide) groups is 1. The summed E-state index contributed by atoms with van der Waals surface area (Å²) >= 11 is 2.06. The fourth-order valence-corrected chi connectivity index (χ4v) is 3.18. The van der Waals surface area contributed by atoms with Gasteiger partial charge < -0.3 is 5.73 Å². The molecule has 0 bridgehead atoms. The molecule has 1 rings (SSSR count). The van der Waals surface area contributed by atoms with Crippen molar-refractivity contribution in [1.82, 2.24) is 4.90 Å². The summed E-state index contributed by atoms with van der Waals surface area (Å²) < 4.78 is 0. The predicted octanol–water partition coefficient (Wildman–Crippen LogP) is 1.80. The fraction of sp³-hybridized carbons (Fsp3) is 1.00. The largest absolute Gasteiger partial charge is 0.329 e. The third kappa shape index (κ3) is 2.26. The quantitative estimate of drug-likeness (QED) is 0.780. The average molecular weight is 216 g/mol. The van der Waals surface area contributed by atoms with Crippen LogP contribution in [0.15, 0.2) is 0 Å². The summed E-state index contributed by atoms with van der Waals surface area (Å²) in [6.07, 6.45) is 0. The Kier molecular flexibility index (Phi) is 4.29. The van der Waals surface area contributed by atoms with Crippen molar-refractivity contribution in [1.29, 1.82) is 0 Å². The van der Waals surface area contributed by atoms with Gasteiger partial charge in [0.1, 0.15) is 0 Å². The first-order valence-electron chi connectivity index (χ1n) is 5.57. The van der Waals surface area contributed by atoms with E-state index in [1.54, 1.807) is 0 Å². The second kappa shape index (κ2) is 4.86. The Balaban J connectivity index is 2.76. The van der Waals surface area contributed by atoms with Crippen LogP contribution < -0.4 is 5.73 Å². The van der Waals surface area contributed by atoms with E-state index in [0.29, 0.717) is 12.0 Å². The van der Waals surface area contributed by atoms with E-state index in [0.717, 1.165) is 6.54 Å². The van der Waals surface area contributed by atoms with E-state index in [-0.39, 0.29) is 5.54 Å². The van der Waals surface area contributed by atoms with Gasteiger partial charge in [0.15, 0.2) is 0 Å². The molecule has 14 heavy (non-hydrogen) atoms. The molecule has 3 heteroatoms. The summed E-state index contributed by atoms with van der Waals surface area (Å²) in [5.74, 6) is 3.13. The normalized spacial score (nSPS) is 29.1. The van der Waals surface area contributed by atoms with Gasteiger partial charge in [0.05, 0.1) is 0 Å². The maximum absolute atomic E-state index is 5.95. The molecule has 0 amide bonds. The minimum Gasteiger partial charge on any atom is -0.329 e. The van der Waals surface area contributed by atoms with Crippen LogP contribution in [0.25, 0.3) is 0 Å². The van der Waals surface area contributed by atoms with Crippen LogP contribution in [0, 0.1) is 5.92 Å². The topological polar surface area (TPSA) is 29.3 Å². The highest BCUT2D eigenvalue weighted by Crippen LogP contribution is 2.29. The summed E-state index contributed by atoms with van der Waals surface area (Å²) in [4.78, 5) is 2.61. The van der Waals surface area contributed by atoms with Crippen molar-refractivity contribution < 1.29 is 0 Å². The Morgan fingerprint density at radius 3 is 2.64 bits per heavy atom. The highest BCUT2D eigenvalue weighted by Gasteiger charge is 2.37. The van der Waals surface area contributed by atoms with E-state index in [1.807, 2.05) is 0 Å². The molecule has 2 unspecified atom stereocenters. The van der Waals surface area contributed by atoms with Gasteiger partial charge >= 0.3 is 0 Å². The monoisotopic (exact) mass is 216 g/mol. The molecule has 0 spiro atoms. The standard InChI is InChI=1S/C11H24N2S/c1-9(2)11(4,8-12)13-5-6-14-7-10(13)3/h9-10H,5-8,12H2,1-4H3. The third-order valence-electron chi connectivity index (χ3n) is 3.68. The zero-order valence-corrected chi connectivity index (χ0v) is 10.7. The molecule has 0 aliphatic carbocycles. The lowest BCUT2D eigenvalue weighted by Gasteiger charge is -2.49. The molecule has 1 fully saturated rings. The van der Waals surface area contributed by atoms with E-state index >= 15 is 0 Å². The number of hydrogen-bond donors (Lipinski definition) is 1. The van der Waals surface area contributed by atoms with Crippen LogP contribution in [-0.2, 0) is 0 Å². The number of nitrogens with two attached hydrogens (primary N) is 1. The molecular weight excluding hydrogens is 192 g/mol. The summed E-state index contributed by atoms with van der Waals surface area (Å²) in [6, 6.07) is 0.671. The van der Waals surface area contributed by atoms with Gasteiger partial charge in [-0.05, 0) is 19.8 Å². The minimum atomic E-state index is 0.181. The van der Waals surface area contributed by atoms with Crippen molar-refractivity contribution in [2.75, 3.05) is 24.6 Å². The first kappa shape index (κ1) is 12.3. The Labute approximate surface area is 92.6 Å². The maximum Gasteiger partial charge on any atom is 0.0329 e. The highest BCUT2D eigenvalue weighted by atomic mass is 32.2. The molecule has 84 valence electrons. The molecule has 1 aliphatic heterocycles. The fourth-order valence-electron chi connectivity index (χ4n) is 2.17. The molecule has 2 atom stereocenters. The van der Waals surface area contributed by atoms with Crippen molar-refractivity contribution in [2.45, 2.75) is 39.3 Å². The van der Waals surface area contributed by atoms with Crippen molar-refractivity contribution in [2.24, 2.45) is 11.7 Å². The molecule has 0 radical (unpaired) electrons. The molecule has 2 nitrogen and oxygen atoms in total. The highest BCUT2D eigenvalue weighted by molar-refractivity contribution is 7.99. The Morgan fingerprint density at radius 2 is 2.21 bits per heavy atom. The van der Waals surface area contributed by atoms with E-state index in [1.165, 1.54) is 18.1 Å². The lowest BCUT2D eigenvalue weighted by molar-refractivity contribution is 0.0436. The zero-order valence-electron chi connectivity index (χ0n) is 9.92. The van der Waals surface area contributed by atoms with Crippen LogP contribution in [0.5, 0.6) is 0 Å². The summed E-state index contributed by atoms with van der Waals surface area (Å²) in [7, 11) is 0. The maximum atomic E-state index is 5.95. The Bertz CT molecular complexity index is 184. The Hall–Kier alpha value is 0.270. The second-order valence-electron chi connectivity index (χ2n) is 4.83. The summed E-state index contributed by atoms with van der Waals surface area (Å²) in [6.45, 7) is 11.1. The molecule has 1 heterocycles. The van der Waals surface area contributed by atoms with Gasteiger partial charge in [-0.2, -0.15) is 11.8 Å². The zero-order chi connectivity index (χ0) is 10.8. The van der Waals surface area contributed by atoms with Crippen LogP contribution >= 0.6 is 11.8 Å². The van der Waals surface area contributed by atoms with Crippen LogP contribution in [0.4, 0.5) is 0 Å². The lowest BCUT2D eigenvalue weighted by Crippen LogP contribution is -2.60. The second-order valence-corrected chi connectivity index (χ2v) is 5.98. The van der Waals surface area contributed by atoms with Crippen molar-refractivity contribution in [3.05, 3.63) is 0 Å². The molecule has 0 saturated carbocycles. The van der Waals surface area contributed by atoms with Gasteiger partial charge in [0.2, 0.25) is 0 Å². The van der Waals surface area contributed by atoms with Crippen LogP contribution in [0.2, 0.25) is 0 Å². The van der Waals surface area contributed by atoms with Gasteiger partial charge in [-0.25, -0.2) is 0 Å². The van der Waals surface area contributed by atoms with Crippen molar-refractivity contribution in [3.8, 4) is 0 Å². The molecule has 2 N–H and O–H groups in total. The van der Waals surface area contributed by atoms with Crippen LogP contribution in [-0.4, -0.2) is 41.1 Å². The number of nitrogens with zero attached hydrogens (tertiary/aromatic N) is 1. The number of hydrogen-bond acceptors (Lipinski definition) is 3. The van der Waals surface area contributed by atoms with Crippen molar-refractivity contribution >= 4 is 11.8 Å². The van der Waals surface area contributed by atoms with E-state index in [2.05, 4.69) is 44.4 Å². The molecule has 0 aromatic heterocycles. The lowest BCUT2D eigenvalue weighted by atomic mass is 9.85.